The Morgan fingerprint density at radius 2 is 2.33 bits per heavy atom. The summed E-state index contributed by atoms with van der Waals surface area (Å²) in [5.74, 6) is -1.70. The van der Waals surface area contributed by atoms with E-state index in [1.807, 2.05) is 6.07 Å². The molecule has 78 valence electrons. The van der Waals surface area contributed by atoms with Gasteiger partial charge in [0.2, 0.25) is 0 Å². The Hall–Kier alpha value is -1.38. The highest BCUT2D eigenvalue weighted by molar-refractivity contribution is 7.18. The van der Waals surface area contributed by atoms with Crippen molar-refractivity contribution in [3.63, 3.8) is 0 Å². The second-order valence-corrected chi connectivity index (χ2v) is 4.11. The first-order valence-corrected chi connectivity index (χ1v) is 5.20. The van der Waals surface area contributed by atoms with Gasteiger partial charge in [-0.25, -0.2) is 4.79 Å². The molecule has 0 aromatic carbocycles. The molecule has 1 aromatic rings. The Bertz CT molecular complexity index is 447. The van der Waals surface area contributed by atoms with E-state index in [0.29, 0.717) is 0 Å². The van der Waals surface area contributed by atoms with Crippen LogP contribution in [0.2, 0.25) is 4.34 Å². The van der Waals surface area contributed by atoms with Gasteiger partial charge < -0.3 is 4.74 Å². The van der Waals surface area contributed by atoms with E-state index in [0.717, 1.165) is 11.3 Å². The van der Waals surface area contributed by atoms with Gasteiger partial charge in [0.1, 0.15) is 10.4 Å². The van der Waals surface area contributed by atoms with Crippen LogP contribution in [0, 0.1) is 11.3 Å². The maximum atomic E-state index is 11.4. The number of rotatable bonds is 3. The third-order valence-electron chi connectivity index (χ3n) is 1.49. The average molecular weight is 244 g/mol. The standard InChI is InChI=1S/C9H6ClNO3S/c1-2-14-9(13)7(12)6-3-5(4-11)8(10)15-6/h3H,2H2,1H3. The number of hydrogen-bond donors (Lipinski definition) is 0. The summed E-state index contributed by atoms with van der Waals surface area (Å²) in [5.41, 5.74) is 0.189. The van der Waals surface area contributed by atoms with Crippen LogP contribution < -0.4 is 0 Å². The molecule has 1 rings (SSSR count). The molecule has 6 heteroatoms. The number of thiophene rings is 1. The fourth-order valence-corrected chi connectivity index (χ4v) is 1.96. The second kappa shape index (κ2) is 4.91. The minimum absolute atomic E-state index is 0.120. The molecule has 0 aliphatic rings. The van der Waals surface area contributed by atoms with E-state index in [4.69, 9.17) is 16.9 Å². The van der Waals surface area contributed by atoms with Crippen LogP contribution in [0.1, 0.15) is 22.2 Å². The van der Waals surface area contributed by atoms with E-state index >= 15 is 0 Å². The molecule has 0 N–H and O–H groups in total. The minimum atomic E-state index is -0.931. The van der Waals surface area contributed by atoms with Gasteiger partial charge in [-0.1, -0.05) is 11.6 Å². The van der Waals surface area contributed by atoms with Gasteiger partial charge in [0, 0.05) is 0 Å². The fourth-order valence-electron chi connectivity index (χ4n) is 0.854. The summed E-state index contributed by atoms with van der Waals surface area (Å²) in [5, 5.41) is 8.60. The Labute approximate surface area is 95.0 Å². The minimum Gasteiger partial charge on any atom is -0.460 e. The van der Waals surface area contributed by atoms with Crippen molar-refractivity contribution in [2.24, 2.45) is 0 Å². The predicted molar refractivity (Wildman–Crippen MR) is 55.0 cm³/mol. The maximum Gasteiger partial charge on any atom is 0.380 e. The molecule has 0 atom stereocenters. The molecule has 0 saturated carbocycles. The van der Waals surface area contributed by atoms with E-state index in [1.54, 1.807) is 6.92 Å². The van der Waals surface area contributed by atoms with Crippen LogP contribution in [0.25, 0.3) is 0 Å². The Morgan fingerprint density at radius 3 is 2.80 bits per heavy atom. The lowest BCUT2D eigenvalue weighted by atomic mass is 10.3. The van der Waals surface area contributed by atoms with Crippen LogP contribution in [0.15, 0.2) is 6.07 Å². The van der Waals surface area contributed by atoms with Gasteiger partial charge in [-0.3, -0.25) is 4.79 Å². The van der Waals surface area contributed by atoms with E-state index in [-0.39, 0.29) is 21.4 Å². The van der Waals surface area contributed by atoms with Gasteiger partial charge in [-0.05, 0) is 13.0 Å². The zero-order valence-corrected chi connectivity index (χ0v) is 9.32. The zero-order valence-electron chi connectivity index (χ0n) is 7.74. The predicted octanol–water partition coefficient (Wildman–Crippen LogP) is 2.02. The van der Waals surface area contributed by atoms with Gasteiger partial charge in [0.05, 0.1) is 17.0 Å². The fraction of sp³-hybridized carbons (Fsp3) is 0.222. The summed E-state index contributed by atoms with van der Waals surface area (Å²) in [6, 6.07) is 3.10. The number of hydrogen-bond acceptors (Lipinski definition) is 5. The van der Waals surface area contributed by atoms with Crippen LogP contribution in [0.4, 0.5) is 0 Å². The highest BCUT2D eigenvalue weighted by Crippen LogP contribution is 2.27. The molecule has 15 heavy (non-hydrogen) atoms. The van der Waals surface area contributed by atoms with E-state index < -0.39 is 11.8 Å². The number of ketones is 1. The van der Waals surface area contributed by atoms with Crippen LogP contribution in [0.5, 0.6) is 0 Å². The Morgan fingerprint density at radius 1 is 1.67 bits per heavy atom. The number of ether oxygens (including phenoxy) is 1. The number of carbonyl (C=O) groups excluding carboxylic acids is 2. The number of esters is 1. The van der Waals surface area contributed by atoms with Crippen molar-refractivity contribution in [2.75, 3.05) is 6.61 Å². The molecule has 0 saturated heterocycles. The number of nitrogens with zero attached hydrogens (tertiary/aromatic N) is 1. The summed E-state index contributed by atoms with van der Waals surface area (Å²) in [6.07, 6.45) is 0. The zero-order chi connectivity index (χ0) is 11.4. The van der Waals surface area contributed by atoms with Crippen molar-refractivity contribution >= 4 is 34.7 Å². The summed E-state index contributed by atoms with van der Waals surface area (Å²) < 4.78 is 4.73. The molecule has 0 unspecified atom stereocenters. The van der Waals surface area contributed by atoms with E-state index in [9.17, 15) is 9.59 Å². The molecule has 0 spiro atoms. The van der Waals surface area contributed by atoms with Gasteiger partial charge in [0.15, 0.2) is 0 Å². The first-order chi connectivity index (χ1) is 7.10. The van der Waals surface area contributed by atoms with Crippen molar-refractivity contribution in [3.8, 4) is 6.07 Å². The molecule has 0 aliphatic heterocycles. The molecule has 0 bridgehead atoms. The lowest BCUT2D eigenvalue weighted by molar-refractivity contribution is -0.137. The number of carbonyl (C=O) groups is 2. The van der Waals surface area contributed by atoms with Crippen molar-refractivity contribution in [2.45, 2.75) is 6.92 Å². The normalized spacial score (nSPS) is 9.40. The molecule has 0 fully saturated rings. The molecule has 0 aliphatic carbocycles. The van der Waals surface area contributed by atoms with Gasteiger partial charge >= 0.3 is 5.97 Å². The number of Topliss-reactive ketones (excluding diaryl/α,β-unsaturated/α-hetero) is 1. The third-order valence-corrected chi connectivity index (χ3v) is 2.85. The summed E-state index contributed by atoms with van der Waals surface area (Å²) in [7, 11) is 0. The molecular formula is C9H6ClNO3S. The van der Waals surface area contributed by atoms with Crippen molar-refractivity contribution in [3.05, 3.63) is 20.8 Å². The Kier molecular flexibility index (Phi) is 3.83. The largest absolute Gasteiger partial charge is 0.460 e. The van der Waals surface area contributed by atoms with Crippen molar-refractivity contribution < 1.29 is 14.3 Å². The first kappa shape index (κ1) is 11.7. The summed E-state index contributed by atoms with van der Waals surface area (Å²) in [4.78, 5) is 22.6. The first-order valence-electron chi connectivity index (χ1n) is 4.01. The average Bonchev–Trinajstić information content (AvgIpc) is 2.59. The molecule has 1 heterocycles. The lowest BCUT2D eigenvalue weighted by Gasteiger charge is -1.96. The molecule has 4 nitrogen and oxygen atoms in total. The summed E-state index contributed by atoms with van der Waals surface area (Å²) in [6.45, 7) is 1.74. The van der Waals surface area contributed by atoms with Crippen LogP contribution >= 0.6 is 22.9 Å². The smallest absolute Gasteiger partial charge is 0.380 e. The summed E-state index contributed by atoms with van der Waals surface area (Å²) >= 11 is 6.56. The van der Waals surface area contributed by atoms with Gasteiger partial charge in [0.25, 0.3) is 5.78 Å². The second-order valence-electron chi connectivity index (χ2n) is 2.46. The molecule has 1 aromatic heterocycles. The van der Waals surface area contributed by atoms with Crippen molar-refractivity contribution in [1.82, 2.24) is 0 Å². The van der Waals surface area contributed by atoms with Crippen molar-refractivity contribution in [1.29, 1.82) is 5.26 Å². The highest BCUT2D eigenvalue weighted by Gasteiger charge is 2.21. The quantitative estimate of drug-likeness (QED) is 0.463. The topological polar surface area (TPSA) is 67.2 Å². The SMILES string of the molecule is CCOC(=O)C(=O)c1cc(C#N)c(Cl)s1. The molecule has 0 amide bonds. The van der Waals surface area contributed by atoms with Gasteiger partial charge in [-0.15, -0.1) is 11.3 Å². The lowest BCUT2D eigenvalue weighted by Crippen LogP contribution is -2.16. The van der Waals surface area contributed by atoms with E-state index in [1.165, 1.54) is 6.07 Å². The number of halogens is 1. The molecule has 0 radical (unpaired) electrons. The van der Waals surface area contributed by atoms with Crippen LogP contribution in [-0.2, 0) is 9.53 Å². The number of nitriles is 1. The van der Waals surface area contributed by atoms with Gasteiger partial charge in [-0.2, -0.15) is 5.26 Å². The molecular weight excluding hydrogens is 238 g/mol. The Balaban J connectivity index is 2.93. The van der Waals surface area contributed by atoms with E-state index in [2.05, 4.69) is 4.74 Å². The maximum absolute atomic E-state index is 11.4. The third kappa shape index (κ3) is 2.55. The van der Waals surface area contributed by atoms with Crippen LogP contribution in [-0.4, -0.2) is 18.4 Å². The van der Waals surface area contributed by atoms with Crippen LogP contribution in [0.3, 0.4) is 0 Å². The highest BCUT2D eigenvalue weighted by atomic mass is 35.5. The monoisotopic (exact) mass is 243 g/mol.